The minimum atomic E-state index is -0.440. The highest BCUT2D eigenvalue weighted by Gasteiger charge is 2.42. The average Bonchev–Trinajstić information content (AvgIpc) is 2.41. The van der Waals surface area contributed by atoms with Crippen molar-refractivity contribution in [1.29, 1.82) is 0 Å². The quantitative estimate of drug-likeness (QED) is 0.327. The molecule has 0 N–H and O–H groups in total. The van der Waals surface area contributed by atoms with Gasteiger partial charge in [0.15, 0.2) is 0 Å². The largest absolute Gasteiger partial charge is 0.485 e. The summed E-state index contributed by atoms with van der Waals surface area (Å²) in [5.74, 6) is 0.565. The summed E-state index contributed by atoms with van der Waals surface area (Å²) < 4.78 is 12.8. The maximum Gasteiger partial charge on any atom is 0.271 e. The highest BCUT2D eigenvalue weighted by Crippen LogP contribution is 2.41. The first-order valence-corrected chi connectivity index (χ1v) is 9.00. The first-order valence-electron chi connectivity index (χ1n) is 6.49. The molecule has 3 atom stereocenters. The van der Waals surface area contributed by atoms with Crippen molar-refractivity contribution in [2.24, 2.45) is 0 Å². The molecular formula is C13H14Br3NO4. The molecule has 1 aliphatic rings. The maximum atomic E-state index is 10.8. The number of nitro groups is 1. The van der Waals surface area contributed by atoms with E-state index in [1.807, 2.05) is 0 Å². The molecule has 0 aliphatic heterocycles. The Bertz CT molecular complexity index is 517. The third-order valence-electron chi connectivity index (χ3n) is 3.16. The van der Waals surface area contributed by atoms with E-state index in [0.29, 0.717) is 21.3 Å². The number of hydrogen-bond donors (Lipinski definition) is 0. The van der Waals surface area contributed by atoms with E-state index in [-0.39, 0.29) is 22.7 Å². The fourth-order valence-electron chi connectivity index (χ4n) is 2.02. The molecule has 0 amide bonds. The van der Waals surface area contributed by atoms with Crippen molar-refractivity contribution in [2.75, 3.05) is 6.61 Å². The van der Waals surface area contributed by atoms with Crippen molar-refractivity contribution in [3.8, 4) is 5.75 Å². The summed E-state index contributed by atoms with van der Waals surface area (Å²) in [6, 6.07) is 2.87. The van der Waals surface area contributed by atoms with Crippen molar-refractivity contribution in [2.45, 2.75) is 36.8 Å². The van der Waals surface area contributed by atoms with Crippen LogP contribution in [0.2, 0.25) is 0 Å². The Morgan fingerprint density at radius 3 is 2.48 bits per heavy atom. The molecule has 1 saturated carbocycles. The van der Waals surface area contributed by atoms with Gasteiger partial charge in [0.25, 0.3) is 5.69 Å². The van der Waals surface area contributed by atoms with E-state index in [1.54, 1.807) is 0 Å². The lowest BCUT2D eigenvalue weighted by molar-refractivity contribution is -0.385. The molecule has 0 aromatic heterocycles. The third kappa shape index (κ3) is 3.97. The molecule has 116 valence electrons. The number of hydrogen-bond acceptors (Lipinski definition) is 4. The van der Waals surface area contributed by atoms with Gasteiger partial charge in [-0.25, -0.2) is 0 Å². The zero-order valence-electron chi connectivity index (χ0n) is 11.2. The Balaban J connectivity index is 2.11. The molecule has 5 nitrogen and oxygen atoms in total. The van der Waals surface area contributed by atoms with Gasteiger partial charge in [0.2, 0.25) is 0 Å². The number of nitro benzene ring substituents is 1. The van der Waals surface area contributed by atoms with Crippen molar-refractivity contribution < 1.29 is 14.4 Å². The minimum Gasteiger partial charge on any atom is -0.485 e. The molecule has 0 spiro atoms. The molecular weight excluding hydrogens is 474 g/mol. The molecule has 1 aromatic rings. The smallest absolute Gasteiger partial charge is 0.271 e. The summed E-state index contributed by atoms with van der Waals surface area (Å²) in [5, 5.41) is 10.8. The Morgan fingerprint density at radius 1 is 1.38 bits per heavy atom. The zero-order chi connectivity index (χ0) is 15.6. The highest BCUT2D eigenvalue weighted by molar-refractivity contribution is 9.11. The van der Waals surface area contributed by atoms with Crippen molar-refractivity contribution in [3.63, 3.8) is 0 Å². The van der Waals surface area contributed by atoms with E-state index < -0.39 is 4.92 Å². The normalized spacial score (nSPS) is 24.5. The average molecular weight is 488 g/mol. The minimum absolute atomic E-state index is 0.000980. The molecule has 0 radical (unpaired) electrons. The van der Waals surface area contributed by atoms with Crippen LogP contribution < -0.4 is 4.74 Å². The van der Waals surface area contributed by atoms with Crippen LogP contribution >= 0.6 is 47.8 Å². The predicted octanol–water partition coefficient (Wildman–Crippen LogP) is 4.83. The van der Waals surface area contributed by atoms with Crippen molar-refractivity contribution in [3.05, 3.63) is 31.2 Å². The van der Waals surface area contributed by atoms with Gasteiger partial charge >= 0.3 is 0 Å². The lowest BCUT2D eigenvalue weighted by Gasteiger charge is -2.41. The third-order valence-corrected chi connectivity index (χ3v) is 5.23. The van der Waals surface area contributed by atoms with Crippen LogP contribution in [0.1, 0.15) is 19.8 Å². The standard InChI is InChI=1S/C13H14Br3NO4/c1-2-3-20-13-10(16)6-11(13)21-12-8(14)4-7(17(18)19)5-9(12)15/h4-5,10-11,13H,2-3,6H2,1H3. The van der Waals surface area contributed by atoms with E-state index in [4.69, 9.17) is 9.47 Å². The number of benzene rings is 1. The van der Waals surface area contributed by atoms with Crippen LogP contribution in [0.15, 0.2) is 21.1 Å². The Kier molecular flexibility index (Phi) is 6.05. The summed E-state index contributed by atoms with van der Waals surface area (Å²) in [6.07, 6.45) is 1.73. The van der Waals surface area contributed by atoms with Gasteiger partial charge in [-0.2, -0.15) is 0 Å². The van der Waals surface area contributed by atoms with Crippen LogP contribution in [0.4, 0.5) is 5.69 Å². The number of halogens is 3. The lowest BCUT2D eigenvalue weighted by Crippen LogP contribution is -2.52. The Labute approximate surface area is 147 Å². The van der Waals surface area contributed by atoms with Crippen LogP contribution in [0, 0.1) is 10.1 Å². The van der Waals surface area contributed by atoms with Crippen molar-refractivity contribution >= 4 is 53.5 Å². The Morgan fingerprint density at radius 2 is 2.00 bits per heavy atom. The second kappa shape index (κ2) is 7.39. The molecule has 8 heteroatoms. The summed E-state index contributed by atoms with van der Waals surface area (Å²) in [5.41, 5.74) is 0.00635. The molecule has 0 heterocycles. The van der Waals surface area contributed by atoms with Crippen LogP contribution in [0.5, 0.6) is 5.75 Å². The highest BCUT2D eigenvalue weighted by atomic mass is 79.9. The second-order valence-electron chi connectivity index (χ2n) is 4.74. The topological polar surface area (TPSA) is 61.6 Å². The summed E-state index contributed by atoms with van der Waals surface area (Å²) in [4.78, 5) is 10.7. The summed E-state index contributed by atoms with van der Waals surface area (Å²) in [7, 11) is 0. The van der Waals surface area contributed by atoms with Gasteiger partial charge < -0.3 is 9.47 Å². The number of alkyl halides is 1. The molecule has 0 bridgehead atoms. The first kappa shape index (κ1) is 17.2. The summed E-state index contributed by atoms with van der Waals surface area (Å²) in [6.45, 7) is 2.75. The van der Waals surface area contributed by atoms with E-state index in [1.165, 1.54) is 12.1 Å². The number of rotatable bonds is 6. The van der Waals surface area contributed by atoms with Gasteiger partial charge in [0, 0.05) is 30.0 Å². The SMILES string of the molecule is CCCOC1C(Br)CC1Oc1c(Br)cc([N+](=O)[O-])cc1Br. The molecule has 1 aromatic carbocycles. The van der Waals surface area contributed by atoms with E-state index in [0.717, 1.165) is 12.8 Å². The molecule has 1 fully saturated rings. The van der Waals surface area contributed by atoms with E-state index >= 15 is 0 Å². The fraction of sp³-hybridized carbons (Fsp3) is 0.538. The molecule has 3 unspecified atom stereocenters. The zero-order valence-corrected chi connectivity index (χ0v) is 16.0. The van der Waals surface area contributed by atoms with E-state index in [9.17, 15) is 10.1 Å². The number of ether oxygens (including phenoxy) is 2. The van der Waals surface area contributed by atoms with Crippen LogP contribution in [-0.2, 0) is 4.74 Å². The number of non-ortho nitro benzene ring substituents is 1. The van der Waals surface area contributed by atoms with Gasteiger partial charge in [-0.05, 0) is 38.3 Å². The molecule has 2 rings (SSSR count). The summed E-state index contributed by atoms with van der Waals surface area (Å²) >= 11 is 10.2. The van der Waals surface area contributed by atoms with Crippen LogP contribution in [0.25, 0.3) is 0 Å². The number of nitrogens with zero attached hydrogens (tertiary/aromatic N) is 1. The molecule has 1 aliphatic carbocycles. The van der Waals surface area contributed by atoms with Gasteiger partial charge in [0.05, 0.1) is 13.9 Å². The maximum absolute atomic E-state index is 10.8. The Hall–Kier alpha value is -0.180. The van der Waals surface area contributed by atoms with Gasteiger partial charge in [-0.3, -0.25) is 10.1 Å². The molecule has 21 heavy (non-hydrogen) atoms. The van der Waals surface area contributed by atoms with Gasteiger partial charge in [0.1, 0.15) is 18.0 Å². The fourth-order valence-corrected chi connectivity index (χ4v) is 4.23. The predicted molar refractivity (Wildman–Crippen MR) is 90.3 cm³/mol. The second-order valence-corrected chi connectivity index (χ2v) is 7.62. The van der Waals surface area contributed by atoms with Crippen molar-refractivity contribution in [1.82, 2.24) is 0 Å². The van der Waals surface area contributed by atoms with Gasteiger partial charge in [-0.1, -0.05) is 22.9 Å². The van der Waals surface area contributed by atoms with Gasteiger partial charge in [-0.15, -0.1) is 0 Å². The molecule has 0 saturated heterocycles. The van der Waals surface area contributed by atoms with Crippen LogP contribution in [-0.4, -0.2) is 28.6 Å². The lowest BCUT2D eigenvalue weighted by atomic mass is 9.91. The van der Waals surface area contributed by atoms with Crippen LogP contribution in [0.3, 0.4) is 0 Å². The van der Waals surface area contributed by atoms with E-state index in [2.05, 4.69) is 54.7 Å². The monoisotopic (exact) mass is 485 g/mol. The first-order chi connectivity index (χ1) is 9.93.